The number of thioether (sulfide) groups is 1. The molecule has 2 atom stereocenters. The maximum absolute atomic E-state index is 3.56. The zero-order valence-electron chi connectivity index (χ0n) is 11.0. The number of nitrogens with zero attached hydrogens (tertiary/aromatic N) is 1. The molecule has 2 nitrogen and oxygen atoms in total. The lowest BCUT2D eigenvalue weighted by Crippen LogP contribution is -2.36. The maximum atomic E-state index is 3.56. The number of rotatable bonds is 2. The molecule has 2 heterocycles. The number of hydrogen-bond acceptors (Lipinski definition) is 3. The van der Waals surface area contributed by atoms with E-state index in [1.54, 1.807) is 0 Å². The smallest absolute Gasteiger partial charge is 0.0116 e. The van der Waals surface area contributed by atoms with Gasteiger partial charge < -0.3 is 10.2 Å². The summed E-state index contributed by atoms with van der Waals surface area (Å²) in [5.41, 5.74) is 0. The number of nitrogens with one attached hydrogen (secondary N) is 1. The van der Waals surface area contributed by atoms with Crippen molar-refractivity contribution < 1.29 is 0 Å². The van der Waals surface area contributed by atoms with Crippen LogP contribution in [0.2, 0.25) is 0 Å². The average Bonchev–Trinajstić information content (AvgIpc) is 2.52. The van der Waals surface area contributed by atoms with Crippen LogP contribution >= 0.6 is 11.8 Å². The van der Waals surface area contributed by atoms with Crippen LogP contribution in [0.15, 0.2) is 0 Å². The van der Waals surface area contributed by atoms with E-state index >= 15 is 0 Å². The van der Waals surface area contributed by atoms with E-state index in [2.05, 4.69) is 42.7 Å². The minimum atomic E-state index is 0.494. The fraction of sp³-hybridized carbons (Fsp3) is 1.00. The van der Waals surface area contributed by atoms with Crippen molar-refractivity contribution in [2.24, 2.45) is 5.92 Å². The van der Waals surface area contributed by atoms with Gasteiger partial charge in [-0.3, -0.25) is 0 Å². The van der Waals surface area contributed by atoms with Gasteiger partial charge in [-0.25, -0.2) is 0 Å². The van der Waals surface area contributed by atoms with E-state index in [0.717, 1.165) is 12.0 Å². The first-order valence-electron chi connectivity index (χ1n) is 6.66. The van der Waals surface area contributed by atoms with Crippen LogP contribution in [0.4, 0.5) is 0 Å². The molecule has 0 aromatic carbocycles. The van der Waals surface area contributed by atoms with Crippen molar-refractivity contribution in [2.45, 2.75) is 44.4 Å². The van der Waals surface area contributed by atoms with Gasteiger partial charge >= 0.3 is 0 Å². The molecule has 0 saturated carbocycles. The second kappa shape index (κ2) is 5.28. The van der Waals surface area contributed by atoms with Crippen molar-refractivity contribution in [1.29, 1.82) is 0 Å². The number of hydrogen-bond donors (Lipinski definition) is 1. The molecule has 2 rings (SSSR count). The van der Waals surface area contributed by atoms with Gasteiger partial charge in [0, 0.05) is 29.6 Å². The fourth-order valence-electron chi connectivity index (χ4n) is 2.74. The lowest BCUT2D eigenvalue weighted by Gasteiger charge is -2.26. The van der Waals surface area contributed by atoms with Crippen molar-refractivity contribution in [3.63, 3.8) is 0 Å². The summed E-state index contributed by atoms with van der Waals surface area (Å²) in [5, 5.41) is 3.56. The molecule has 0 amide bonds. The third-order valence-corrected chi connectivity index (χ3v) is 5.48. The van der Waals surface area contributed by atoms with E-state index in [0.29, 0.717) is 4.75 Å². The molecule has 2 aliphatic heterocycles. The van der Waals surface area contributed by atoms with Crippen LogP contribution < -0.4 is 5.32 Å². The molecule has 16 heavy (non-hydrogen) atoms. The van der Waals surface area contributed by atoms with E-state index < -0.39 is 0 Å². The van der Waals surface area contributed by atoms with E-state index in [1.807, 2.05) is 0 Å². The predicted molar refractivity (Wildman–Crippen MR) is 73.2 cm³/mol. The Morgan fingerprint density at radius 3 is 2.88 bits per heavy atom. The molecule has 94 valence electrons. The molecular weight excluding hydrogens is 216 g/mol. The minimum Gasteiger partial charge on any atom is -0.314 e. The lowest BCUT2D eigenvalue weighted by molar-refractivity contribution is 0.231. The molecule has 0 aromatic rings. The Morgan fingerprint density at radius 2 is 2.19 bits per heavy atom. The molecule has 0 aromatic heterocycles. The molecule has 2 aliphatic rings. The highest BCUT2D eigenvalue weighted by molar-refractivity contribution is 8.00. The SMILES string of the molecule is CC1NCCC1CN1CCSC(C)(C)CC1. The molecular formula is C13H26N2S. The Bertz CT molecular complexity index is 230. The van der Waals surface area contributed by atoms with Crippen molar-refractivity contribution in [2.75, 3.05) is 31.9 Å². The third kappa shape index (κ3) is 3.38. The summed E-state index contributed by atoms with van der Waals surface area (Å²) in [5.74, 6) is 2.19. The molecule has 3 heteroatoms. The Morgan fingerprint density at radius 1 is 1.38 bits per heavy atom. The Hall–Kier alpha value is 0.270. The molecule has 2 fully saturated rings. The summed E-state index contributed by atoms with van der Waals surface area (Å²) in [7, 11) is 0. The standard InChI is InChI=1S/C13H26N2S/c1-11-12(4-6-14-11)10-15-7-5-13(2,3)16-9-8-15/h11-12,14H,4-10H2,1-3H3. The summed E-state index contributed by atoms with van der Waals surface area (Å²) in [6.45, 7) is 12.2. The van der Waals surface area contributed by atoms with E-state index in [4.69, 9.17) is 0 Å². The van der Waals surface area contributed by atoms with Crippen LogP contribution in [-0.4, -0.2) is 47.6 Å². The summed E-state index contributed by atoms with van der Waals surface area (Å²) < 4.78 is 0.494. The lowest BCUT2D eigenvalue weighted by atomic mass is 10.0. The van der Waals surface area contributed by atoms with Gasteiger partial charge in [0.1, 0.15) is 0 Å². The monoisotopic (exact) mass is 242 g/mol. The van der Waals surface area contributed by atoms with Crippen LogP contribution in [0.5, 0.6) is 0 Å². The van der Waals surface area contributed by atoms with Crippen molar-refractivity contribution >= 4 is 11.8 Å². The molecule has 0 aliphatic carbocycles. The minimum absolute atomic E-state index is 0.494. The molecule has 2 unspecified atom stereocenters. The first kappa shape index (κ1) is 12.7. The van der Waals surface area contributed by atoms with Gasteiger partial charge in [0.15, 0.2) is 0 Å². The second-order valence-electron chi connectivity index (χ2n) is 5.95. The molecule has 2 saturated heterocycles. The topological polar surface area (TPSA) is 15.3 Å². The summed E-state index contributed by atoms with van der Waals surface area (Å²) >= 11 is 2.15. The molecule has 1 N–H and O–H groups in total. The maximum Gasteiger partial charge on any atom is 0.0116 e. The van der Waals surface area contributed by atoms with E-state index in [-0.39, 0.29) is 0 Å². The highest BCUT2D eigenvalue weighted by atomic mass is 32.2. The van der Waals surface area contributed by atoms with Crippen LogP contribution in [0, 0.1) is 5.92 Å². The second-order valence-corrected chi connectivity index (χ2v) is 7.75. The third-order valence-electron chi connectivity index (χ3n) is 4.11. The highest BCUT2D eigenvalue weighted by Crippen LogP contribution is 2.31. The van der Waals surface area contributed by atoms with Crippen molar-refractivity contribution in [3.8, 4) is 0 Å². The van der Waals surface area contributed by atoms with Gasteiger partial charge in [0.05, 0.1) is 0 Å². The molecule has 0 radical (unpaired) electrons. The zero-order chi connectivity index (χ0) is 11.6. The zero-order valence-corrected chi connectivity index (χ0v) is 11.8. The Kier molecular flexibility index (Phi) is 4.20. The molecule has 0 bridgehead atoms. The Balaban J connectivity index is 1.81. The highest BCUT2D eigenvalue weighted by Gasteiger charge is 2.28. The van der Waals surface area contributed by atoms with Gasteiger partial charge in [-0.1, -0.05) is 13.8 Å². The van der Waals surface area contributed by atoms with Gasteiger partial charge in [-0.2, -0.15) is 11.8 Å². The summed E-state index contributed by atoms with van der Waals surface area (Å²) in [6, 6.07) is 0.726. The summed E-state index contributed by atoms with van der Waals surface area (Å²) in [4.78, 5) is 2.69. The van der Waals surface area contributed by atoms with Crippen LogP contribution in [0.1, 0.15) is 33.6 Å². The first-order valence-corrected chi connectivity index (χ1v) is 7.65. The largest absolute Gasteiger partial charge is 0.314 e. The average molecular weight is 242 g/mol. The fourth-order valence-corrected chi connectivity index (χ4v) is 3.88. The first-order chi connectivity index (χ1) is 7.57. The van der Waals surface area contributed by atoms with Crippen LogP contribution in [-0.2, 0) is 0 Å². The van der Waals surface area contributed by atoms with Gasteiger partial charge in [0.2, 0.25) is 0 Å². The van der Waals surface area contributed by atoms with Crippen molar-refractivity contribution in [3.05, 3.63) is 0 Å². The normalized spacial score (nSPS) is 36.2. The van der Waals surface area contributed by atoms with Crippen LogP contribution in [0.3, 0.4) is 0 Å². The van der Waals surface area contributed by atoms with Gasteiger partial charge in [-0.05, 0) is 38.8 Å². The van der Waals surface area contributed by atoms with Crippen LogP contribution in [0.25, 0.3) is 0 Å². The van der Waals surface area contributed by atoms with E-state index in [1.165, 1.54) is 44.8 Å². The Labute approximate surface area is 105 Å². The van der Waals surface area contributed by atoms with E-state index in [9.17, 15) is 0 Å². The predicted octanol–water partition coefficient (Wildman–Crippen LogP) is 2.20. The van der Waals surface area contributed by atoms with Crippen molar-refractivity contribution in [1.82, 2.24) is 10.2 Å². The van der Waals surface area contributed by atoms with Gasteiger partial charge in [-0.15, -0.1) is 0 Å². The quantitative estimate of drug-likeness (QED) is 0.799. The van der Waals surface area contributed by atoms with Gasteiger partial charge in [0.25, 0.3) is 0 Å². The summed E-state index contributed by atoms with van der Waals surface area (Å²) in [6.07, 6.45) is 2.71. The molecule has 0 spiro atoms.